The van der Waals surface area contributed by atoms with Crippen molar-refractivity contribution in [3.8, 4) is 22.5 Å². The fourth-order valence-corrected chi connectivity index (χ4v) is 11.8. The number of anilines is 2. The third-order valence-corrected chi connectivity index (χ3v) is 16.7. The van der Waals surface area contributed by atoms with E-state index in [-0.39, 0.29) is 9.79 Å². The highest BCUT2D eigenvalue weighted by molar-refractivity contribution is 9.08. The zero-order valence-electron chi connectivity index (χ0n) is 31.5. The SMILES string of the molecule is O=S(=O)(c1ccc(CBr)cc1)N1CCN(c2nc(-c3cc(F)cc(F)c3)cs2)CC1.O=S(=O)(c1ccc(CBr)cc1)N1CCN(c2nc(-c3ccc(F)c(F)c3)cs2)CC1. The van der Waals surface area contributed by atoms with Crippen LogP contribution < -0.4 is 9.80 Å². The maximum absolute atomic E-state index is 13.5. The summed E-state index contributed by atoms with van der Waals surface area (Å²) in [7, 11) is -7.09. The summed E-state index contributed by atoms with van der Waals surface area (Å²) in [5.41, 5.74) is 3.97. The molecular weight excluding hydrogens is 993 g/mol. The zero-order valence-corrected chi connectivity index (χ0v) is 38.0. The standard InChI is InChI=1S/2C20H18BrF2N3O2S2/c21-12-14-1-4-16(5-2-14)30(27,28)26-9-7-25(8-10-26)20-24-19(13-29-20)15-3-6-17(22)18(23)11-15;21-12-14-1-3-18(4-2-14)30(27,28)26-7-5-25(6-8-26)20-24-19(13-29-20)15-9-16(22)11-17(23)10-15/h1-6,11,13H,7-10,12H2;1-4,9-11,13H,5-8,12H2. The molecule has 4 heterocycles. The van der Waals surface area contributed by atoms with Crippen molar-refractivity contribution in [3.63, 3.8) is 0 Å². The molecule has 0 amide bonds. The lowest BCUT2D eigenvalue weighted by molar-refractivity contribution is 0.384. The van der Waals surface area contributed by atoms with Crippen LogP contribution >= 0.6 is 54.5 Å². The molecule has 2 aliphatic heterocycles. The van der Waals surface area contributed by atoms with Gasteiger partial charge >= 0.3 is 0 Å². The van der Waals surface area contributed by atoms with Crippen molar-refractivity contribution < 1.29 is 34.4 Å². The van der Waals surface area contributed by atoms with Crippen molar-refractivity contribution >= 4 is 84.8 Å². The van der Waals surface area contributed by atoms with Crippen molar-refractivity contribution in [2.75, 3.05) is 62.2 Å². The largest absolute Gasteiger partial charge is 0.345 e. The molecule has 0 unspecified atom stereocenters. The van der Waals surface area contributed by atoms with Crippen LogP contribution in [0.15, 0.2) is 105 Å². The summed E-state index contributed by atoms with van der Waals surface area (Å²) in [6.45, 7) is 3.36. The van der Waals surface area contributed by atoms with Crippen LogP contribution in [0.5, 0.6) is 0 Å². The first-order chi connectivity index (χ1) is 28.7. The molecule has 0 spiro atoms. The van der Waals surface area contributed by atoms with E-state index in [1.807, 2.05) is 9.80 Å². The Bertz CT molecular complexity index is 2640. The van der Waals surface area contributed by atoms with E-state index >= 15 is 0 Å². The lowest BCUT2D eigenvalue weighted by atomic mass is 10.1. The molecule has 316 valence electrons. The van der Waals surface area contributed by atoms with E-state index in [0.29, 0.717) is 90.7 Å². The van der Waals surface area contributed by atoms with Gasteiger partial charge in [0.1, 0.15) is 11.6 Å². The molecule has 2 aromatic heterocycles. The molecule has 6 aromatic rings. The first-order valence-electron chi connectivity index (χ1n) is 18.4. The Balaban J connectivity index is 0.000000181. The molecular formula is C40H36Br2F4N6O4S4. The average Bonchev–Trinajstić information content (AvgIpc) is 3.97. The van der Waals surface area contributed by atoms with E-state index < -0.39 is 43.3 Å². The van der Waals surface area contributed by atoms with Gasteiger partial charge in [0.15, 0.2) is 21.9 Å². The van der Waals surface area contributed by atoms with Crippen LogP contribution in [-0.4, -0.2) is 87.8 Å². The van der Waals surface area contributed by atoms with Gasteiger partial charge < -0.3 is 9.80 Å². The number of sulfonamides is 2. The van der Waals surface area contributed by atoms with Crippen LogP contribution in [0.2, 0.25) is 0 Å². The lowest BCUT2D eigenvalue weighted by Crippen LogP contribution is -2.48. The maximum atomic E-state index is 13.5. The van der Waals surface area contributed by atoms with Gasteiger partial charge in [-0.3, -0.25) is 0 Å². The van der Waals surface area contributed by atoms with Crippen LogP contribution in [0.25, 0.3) is 22.5 Å². The van der Waals surface area contributed by atoms with Gasteiger partial charge in [0.2, 0.25) is 20.0 Å². The number of benzene rings is 4. The number of alkyl halides is 2. The fraction of sp³-hybridized carbons (Fsp3) is 0.250. The quantitative estimate of drug-likeness (QED) is 0.0990. The smallest absolute Gasteiger partial charge is 0.243 e. The summed E-state index contributed by atoms with van der Waals surface area (Å²) < 4.78 is 108. The van der Waals surface area contributed by atoms with Crippen molar-refractivity contribution in [2.24, 2.45) is 0 Å². The van der Waals surface area contributed by atoms with Crippen LogP contribution in [0.3, 0.4) is 0 Å². The fourth-order valence-electron chi connectivity index (χ4n) is 6.48. The summed E-state index contributed by atoms with van der Waals surface area (Å²) in [4.78, 5) is 13.6. The number of nitrogens with zero attached hydrogens (tertiary/aromatic N) is 6. The van der Waals surface area contributed by atoms with E-state index in [9.17, 15) is 34.4 Å². The lowest BCUT2D eigenvalue weighted by Gasteiger charge is -2.33. The molecule has 10 nitrogen and oxygen atoms in total. The average molecular weight is 1030 g/mol. The van der Waals surface area contributed by atoms with Gasteiger partial charge in [-0.05, 0) is 65.7 Å². The highest BCUT2D eigenvalue weighted by Crippen LogP contribution is 2.32. The molecule has 2 saturated heterocycles. The van der Waals surface area contributed by atoms with Gasteiger partial charge in [-0.15, -0.1) is 22.7 Å². The molecule has 20 heteroatoms. The molecule has 0 atom stereocenters. The predicted octanol–water partition coefficient (Wildman–Crippen LogP) is 8.99. The van der Waals surface area contributed by atoms with Gasteiger partial charge in [-0.25, -0.2) is 44.4 Å². The third kappa shape index (κ3) is 10.1. The van der Waals surface area contributed by atoms with Gasteiger partial charge in [-0.2, -0.15) is 8.61 Å². The Hall–Kier alpha value is -3.76. The van der Waals surface area contributed by atoms with E-state index in [4.69, 9.17) is 0 Å². The van der Waals surface area contributed by atoms with E-state index in [1.165, 1.54) is 49.5 Å². The zero-order chi connectivity index (χ0) is 42.6. The molecule has 4 aromatic carbocycles. The Morgan fingerprint density at radius 1 is 0.517 bits per heavy atom. The van der Waals surface area contributed by atoms with Gasteiger partial charge in [0, 0.05) is 91.0 Å². The maximum Gasteiger partial charge on any atom is 0.243 e. The Labute approximate surface area is 370 Å². The summed E-state index contributed by atoms with van der Waals surface area (Å²) >= 11 is 9.48. The second kappa shape index (κ2) is 19.1. The summed E-state index contributed by atoms with van der Waals surface area (Å²) in [6.07, 6.45) is 0. The molecule has 60 heavy (non-hydrogen) atoms. The normalized spacial score (nSPS) is 15.5. The van der Waals surface area contributed by atoms with E-state index in [0.717, 1.165) is 34.5 Å². The predicted molar refractivity (Wildman–Crippen MR) is 235 cm³/mol. The second-order valence-corrected chi connectivity index (χ2v) is 20.3. The van der Waals surface area contributed by atoms with Crippen molar-refractivity contribution in [1.82, 2.24) is 18.6 Å². The van der Waals surface area contributed by atoms with Gasteiger partial charge in [0.05, 0.1) is 21.2 Å². The third-order valence-electron chi connectivity index (χ3n) is 9.81. The molecule has 2 fully saturated rings. The molecule has 0 bridgehead atoms. The van der Waals surface area contributed by atoms with E-state index in [2.05, 4.69) is 41.8 Å². The summed E-state index contributed by atoms with van der Waals surface area (Å²) in [5, 5.41) is 6.31. The number of thiazole rings is 2. The minimum atomic E-state index is -3.55. The monoisotopic (exact) mass is 1030 g/mol. The molecule has 8 rings (SSSR count). The molecule has 0 aliphatic carbocycles. The number of hydrogen-bond donors (Lipinski definition) is 0. The Morgan fingerprint density at radius 3 is 1.33 bits per heavy atom. The van der Waals surface area contributed by atoms with E-state index in [1.54, 1.807) is 59.3 Å². The number of aromatic nitrogens is 2. The Kier molecular flexibility index (Phi) is 14.1. The molecule has 2 aliphatic rings. The number of hydrogen-bond acceptors (Lipinski definition) is 10. The van der Waals surface area contributed by atoms with Crippen molar-refractivity contribution in [1.29, 1.82) is 0 Å². The minimum Gasteiger partial charge on any atom is -0.345 e. The number of halogens is 6. The minimum absolute atomic E-state index is 0.283. The highest BCUT2D eigenvalue weighted by Gasteiger charge is 2.31. The summed E-state index contributed by atoms with van der Waals surface area (Å²) in [5.74, 6) is -3.11. The van der Waals surface area contributed by atoms with Crippen molar-refractivity contribution in [2.45, 2.75) is 20.5 Å². The highest BCUT2D eigenvalue weighted by atomic mass is 79.9. The first kappa shape index (κ1) is 44.3. The number of piperazine rings is 2. The van der Waals surface area contributed by atoms with Crippen LogP contribution in [-0.2, 0) is 30.7 Å². The van der Waals surface area contributed by atoms with Gasteiger partial charge in [0.25, 0.3) is 0 Å². The first-order valence-corrected chi connectivity index (χ1v) is 25.3. The van der Waals surface area contributed by atoms with Crippen LogP contribution in [0, 0.1) is 23.3 Å². The molecule has 0 N–H and O–H groups in total. The number of rotatable bonds is 10. The van der Waals surface area contributed by atoms with Gasteiger partial charge in [-0.1, -0.05) is 56.1 Å². The molecule has 0 saturated carbocycles. The Morgan fingerprint density at radius 2 is 0.933 bits per heavy atom. The second-order valence-electron chi connectivity index (χ2n) is 13.7. The van der Waals surface area contributed by atoms with Crippen LogP contribution in [0.4, 0.5) is 27.8 Å². The summed E-state index contributed by atoms with van der Waals surface area (Å²) in [6, 6.07) is 20.7. The van der Waals surface area contributed by atoms with Crippen LogP contribution in [0.1, 0.15) is 11.1 Å². The van der Waals surface area contributed by atoms with Crippen molar-refractivity contribution in [3.05, 3.63) is 130 Å². The molecule has 0 radical (unpaired) electrons. The topological polar surface area (TPSA) is 107 Å².